The Hall–Kier alpha value is -1.75. The second-order valence-electron chi connectivity index (χ2n) is 4.51. The third-order valence-corrected chi connectivity index (χ3v) is 3.40. The maximum Gasteiger partial charge on any atom is 0.337 e. The van der Waals surface area contributed by atoms with Crippen molar-refractivity contribution in [2.75, 3.05) is 11.9 Å². The molecular weight excluding hydrogens is 280 g/mol. The molecule has 3 N–H and O–H groups in total. The molecule has 1 aromatic carbocycles. The highest BCUT2D eigenvalue weighted by Crippen LogP contribution is 2.21. The first kappa shape index (κ1) is 16.3. The Kier molecular flexibility index (Phi) is 6.31. The number of carboxylic acid groups (broad SMARTS) is 1. The van der Waals surface area contributed by atoms with E-state index in [1.807, 2.05) is 0 Å². The summed E-state index contributed by atoms with van der Waals surface area (Å²) >= 11 is 5.81. The lowest BCUT2D eigenvalue weighted by atomic mass is 10.0. The van der Waals surface area contributed by atoms with Crippen molar-refractivity contribution in [3.05, 3.63) is 28.8 Å². The van der Waals surface area contributed by atoms with Crippen LogP contribution in [0.15, 0.2) is 18.2 Å². The number of amides is 2. The van der Waals surface area contributed by atoms with E-state index in [-0.39, 0.29) is 11.3 Å². The predicted molar refractivity (Wildman–Crippen MR) is 79.5 cm³/mol. The lowest BCUT2D eigenvalue weighted by molar-refractivity contribution is 0.0698. The van der Waals surface area contributed by atoms with Gasteiger partial charge in [0.15, 0.2) is 0 Å². The zero-order chi connectivity index (χ0) is 15.1. The summed E-state index contributed by atoms with van der Waals surface area (Å²) in [6, 6.07) is 3.82. The quantitative estimate of drug-likeness (QED) is 0.751. The maximum absolute atomic E-state index is 11.8. The predicted octanol–water partition coefficient (Wildman–Crippen LogP) is 3.60. The molecule has 1 rings (SSSR count). The van der Waals surface area contributed by atoms with E-state index in [4.69, 9.17) is 16.7 Å². The van der Waals surface area contributed by atoms with E-state index >= 15 is 0 Å². The van der Waals surface area contributed by atoms with Crippen LogP contribution in [0.4, 0.5) is 10.5 Å². The minimum absolute atomic E-state index is 0.00656. The second-order valence-corrected chi connectivity index (χ2v) is 4.95. The van der Waals surface area contributed by atoms with Gasteiger partial charge in [0.25, 0.3) is 0 Å². The number of urea groups is 1. The van der Waals surface area contributed by atoms with Gasteiger partial charge in [-0.2, -0.15) is 0 Å². The first-order valence-corrected chi connectivity index (χ1v) is 6.93. The first-order valence-electron chi connectivity index (χ1n) is 6.55. The zero-order valence-corrected chi connectivity index (χ0v) is 12.3. The van der Waals surface area contributed by atoms with Crippen LogP contribution in [0.5, 0.6) is 0 Å². The van der Waals surface area contributed by atoms with Gasteiger partial charge in [-0.1, -0.05) is 38.3 Å². The summed E-state index contributed by atoms with van der Waals surface area (Å²) in [7, 11) is 0. The largest absolute Gasteiger partial charge is 0.478 e. The van der Waals surface area contributed by atoms with Crippen LogP contribution >= 0.6 is 11.6 Å². The normalized spacial score (nSPS) is 10.4. The molecule has 0 bridgehead atoms. The van der Waals surface area contributed by atoms with E-state index in [1.165, 1.54) is 18.2 Å². The molecule has 5 nitrogen and oxygen atoms in total. The Labute approximate surface area is 123 Å². The maximum atomic E-state index is 11.8. The highest BCUT2D eigenvalue weighted by molar-refractivity contribution is 6.31. The number of nitrogens with one attached hydrogen (secondary N) is 2. The second kappa shape index (κ2) is 7.75. The number of carbonyl (C=O) groups excluding carboxylic acids is 1. The van der Waals surface area contributed by atoms with Gasteiger partial charge < -0.3 is 15.7 Å². The highest BCUT2D eigenvalue weighted by Gasteiger charge is 2.13. The average Bonchev–Trinajstić information content (AvgIpc) is 2.39. The molecule has 0 aliphatic rings. The minimum atomic E-state index is -1.11. The van der Waals surface area contributed by atoms with Gasteiger partial charge >= 0.3 is 12.0 Å². The molecule has 0 aliphatic heterocycles. The summed E-state index contributed by atoms with van der Waals surface area (Å²) in [5, 5.41) is 14.7. The zero-order valence-electron chi connectivity index (χ0n) is 11.6. The average molecular weight is 299 g/mol. The smallest absolute Gasteiger partial charge is 0.337 e. The number of carboxylic acids is 1. The summed E-state index contributed by atoms with van der Waals surface area (Å²) in [5.41, 5.74) is 0.194. The van der Waals surface area contributed by atoms with Crippen molar-refractivity contribution in [3.8, 4) is 0 Å². The van der Waals surface area contributed by atoms with Crippen molar-refractivity contribution in [3.63, 3.8) is 0 Å². The number of hydrogen-bond donors (Lipinski definition) is 3. The summed E-state index contributed by atoms with van der Waals surface area (Å²) in [6.07, 6.45) is 1.96. The number of aromatic carboxylic acids is 1. The summed E-state index contributed by atoms with van der Waals surface area (Å²) in [5.74, 6) is -0.698. The van der Waals surface area contributed by atoms with Crippen molar-refractivity contribution in [2.45, 2.75) is 26.7 Å². The van der Waals surface area contributed by atoms with E-state index in [9.17, 15) is 9.59 Å². The lowest BCUT2D eigenvalue weighted by Gasteiger charge is -2.14. The SMILES string of the molecule is CCC(CC)CNC(=O)Nc1cc(Cl)ccc1C(=O)O. The molecule has 0 atom stereocenters. The molecule has 0 heterocycles. The molecule has 0 unspecified atom stereocenters. The van der Waals surface area contributed by atoms with Crippen LogP contribution in [-0.4, -0.2) is 23.7 Å². The summed E-state index contributed by atoms with van der Waals surface area (Å²) in [6.45, 7) is 4.68. The molecule has 6 heteroatoms. The molecular formula is C14H19ClN2O3. The van der Waals surface area contributed by atoms with Crippen molar-refractivity contribution < 1.29 is 14.7 Å². The van der Waals surface area contributed by atoms with Crippen LogP contribution in [0.25, 0.3) is 0 Å². The standard InChI is InChI=1S/C14H19ClN2O3/c1-3-9(4-2)8-16-14(20)17-12-7-10(15)5-6-11(12)13(18)19/h5-7,9H,3-4,8H2,1-2H3,(H,18,19)(H2,16,17,20). The number of carbonyl (C=O) groups is 2. The van der Waals surface area contributed by atoms with E-state index in [0.29, 0.717) is 17.5 Å². The topological polar surface area (TPSA) is 78.4 Å². The fraction of sp³-hybridized carbons (Fsp3) is 0.429. The van der Waals surface area contributed by atoms with Gasteiger partial charge in [-0.3, -0.25) is 0 Å². The van der Waals surface area contributed by atoms with Gasteiger partial charge in [-0.15, -0.1) is 0 Å². The van der Waals surface area contributed by atoms with Gasteiger partial charge in [0.1, 0.15) is 0 Å². The molecule has 0 aliphatic carbocycles. The molecule has 0 saturated heterocycles. The molecule has 0 aromatic heterocycles. The van der Waals surface area contributed by atoms with Crippen LogP contribution in [0.3, 0.4) is 0 Å². The molecule has 1 aromatic rings. The monoisotopic (exact) mass is 298 g/mol. The molecule has 0 spiro atoms. The molecule has 0 saturated carbocycles. The van der Waals surface area contributed by atoms with Crippen molar-refractivity contribution in [1.82, 2.24) is 5.32 Å². The van der Waals surface area contributed by atoms with Crippen molar-refractivity contribution in [1.29, 1.82) is 0 Å². The van der Waals surface area contributed by atoms with Gasteiger partial charge in [-0.25, -0.2) is 9.59 Å². The van der Waals surface area contributed by atoms with Crippen molar-refractivity contribution >= 4 is 29.3 Å². The fourth-order valence-corrected chi connectivity index (χ4v) is 1.96. The summed E-state index contributed by atoms with van der Waals surface area (Å²) < 4.78 is 0. The Morgan fingerprint density at radius 1 is 1.30 bits per heavy atom. The van der Waals surface area contributed by atoms with Crippen LogP contribution in [0.2, 0.25) is 5.02 Å². The van der Waals surface area contributed by atoms with Crippen LogP contribution in [0, 0.1) is 5.92 Å². The van der Waals surface area contributed by atoms with E-state index in [2.05, 4.69) is 24.5 Å². The highest BCUT2D eigenvalue weighted by atomic mass is 35.5. The minimum Gasteiger partial charge on any atom is -0.478 e. The Bertz CT molecular complexity index is 487. The number of benzene rings is 1. The third-order valence-electron chi connectivity index (χ3n) is 3.17. The fourth-order valence-electron chi connectivity index (χ4n) is 1.79. The molecule has 0 fully saturated rings. The van der Waals surface area contributed by atoms with Gasteiger partial charge in [0.05, 0.1) is 11.3 Å². The van der Waals surface area contributed by atoms with E-state index in [0.717, 1.165) is 12.8 Å². The Morgan fingerprint density at radius 2 is 1.95 bits per heavy atom. The lowest BCUT2D eigenvalue weighted by Crippen LogP contribution is -2.33. The third kappa shape index (κ3) is 4.74. The van der Waals surface area contributed by atoms with Gasteiger partial charge in [0, 0.05) is 11.6 Å². The van der Waals surface area contributed by atoms with Crippen LogP contribution < -0.4 is 10.6 Å². The summed E-state index contributed by atoms with van der Waals surface area (Å²) in [4.78, 5) is 22.8. The number of rotatable bonds is 6. The van der Waals surface area contributed by atoms with Crippen LogP contribution in [-0.2, 0) is 0 Å². The number of anilines is 1. The Balaban J connectivity index is 2.70. The van der Waals surface area contributed by atoms with Gasteiger partial charge in [-0.05, 0) is 24.1 Å². The molecule has 20 heavy (non-hydrogen) atoms. The van der Waals surface area contributed by atoms with Gasteiger partial charge in [0.2, 0.25) is 0 Å². The van der Waals surface area contributed by atoms with E-state index in [1.54, 1.807) is 0 Å². The molecule has 2 amide bonds. The number of halogens is 1. The van der Waals surface area contributed by atoms with E-state index < -0.39 is 12.0 Å². The Morgan fingerprint density at radius 3 is 2.50 bits per heavy atom. The molecule has 0 radical (unpaired) electrons. The van der Waals surface area contributed by atoms with Crippen LogP contribution in [0.1, 0.15) is 37.0 Å². The number of hydrogen-bond acceptors (Lipinski definition) is 2. The molecule has 110 valence electrons. The van der Waals surface area contributed by atoms with Crippen molar-refractivity contribution in [2.24, 2.45) is 5.92 Å². The first-order chi connectivity index (χ1) is 9.47.